The highest BCUT2D eigenvalue weighted by molar-refractivity contribution is 5.95. The van der Waals surface area contributed by atoms with E-state index in [1.165, 1.54) is 0 Å². The van der Waals surface area contributed by atoms with Crippen molar-refractivity contribution >= 4 is 5.91 Å². The molecule has 0 unspecified atom stereocenters. The molecule has 0 saturated carbocycles. The van der Waals surface area contributed by atoms with Gasteiger partial charge in [-0.15, -0.1) is 0 Å². The lowest BCUT2D eigenvalue weighted by molar-refractivity contribution is 0.0949. The van der Waals surface area contributed by atoms with E-state index in [0.717, 1.165) is 17.0 Å². The van der Waals surface area contributed by atoms with Crippen LogP contribution in [0.1, 0.15) is 21.7 Å². The quantitative estimate of drug-likeness (QED) is 0.804. The summed E-state index contributed by atoms with van der Waals surface area (Å²) in [6.07, 6.45) is 1.71. The van der Waals surface area contributed by atoms with E-state index < -0.39 is 0 Å². The first-order valence-corrected chi connectivity index (χ1v) is 7.45. The Morgan fingerprint density at radius 2 is 1.78 bits per heavy atom. The summed E-state index contributed by atoms with van der Waals surface area (Å²) in [4.78, 5) is 21.0. The normalized spacial score (nSPS) is 10.3. The summed E-state index contributed by atoms with van der Waals surface area (Å²) in [5.41, 5.74) is 4.03. The smallest absolute Gasteiger partial charge is 0.253 e. The number of benzene rings is 1. The van der Waals surface area contributed by atoms with Crippen LogP contribution in [0.5, 0.6) is 0 Å². The predicted octanol–water partition coefficient (Wildman–Crippen LogP) is 3.38. The molecule has 4 heteroatoms. The maximum absolute atomic E-state index is 12.3. The number of aromatic nitrogens is 2. The summed E-state index contributed by atoms with van der Waals surface area (Å²) >= 11 is 0. The van der Waals surface area contributed by atoms with Gasteiger partial charge in [-0.05, 0) is 31.2 Å². The molecule has 4 nitrogen and oxygen atoms in total. The van der Waals surface area contributed by atoms with Crippen LogP contribution in [0.25, 0.3) is 11.3 Å². The zero-order chi connectivity index (χ0) is 16.1. The Labute approximate surface area is 135 Å². The van der Waals surface area contributed by atoms with E-state index in [1.807, 2.05) is 67.6 Å². The minimum atomic E-state index is -0.139. The molecule has 1 aromatic carbocycles. The molecule has 0 aliphatic rings. The van der Waals surface area contributed by atoms with Crippen LogP contribution in [0.15, 0.2) is 66.9 Å². The molecule has 0 atom stereocenters. The van der Waals surface area contributed by atoms with Crippen LogP contribution >= 0.6 is 0 Å². The highest BCUT2D eigenvalue weighted by atomic mass is 16.1. The van der Waals surface area contributed by atoms with Gasteiger partial charge in [0.05, 0.1) is 29.2 Å². The van der Waals surface area contributed by atoms with Crippen molar-refractivity contribution in [2.75, 3.05) is 0 Å². The fraction of sp³-hybridized carbons (Fsp3) is 0.105. The lowest BCUT2D eigenvalue weighted by Crippen LogP contribution is -2.24. The third kappa shape index (κ3) is 3.61. The fourth-order valence-electron chi connectivity index (χ4n) is 2.34. The van der Waals surface area contributed by atoms with Gasteiger partial charge in [0.15, 0.2) is 0 Å². The molecular weight excluding hydrogens is 286 g/mol. The van der Waals surface area contributed by atoms with Gasteiger partial charge >= 0.3 is 0 Å². The maximum atomic E-state index is 12.3. The number of rotatable bonds is 4. The molecule has 2 aromatic heterocycles. The number of carbonyl (C=O) groups excluding carboxylic acids is 1. The van der Waals surface area contributed by atoms with Crippen LogP contribution in [0.2, 0.25) is 0 Å². The number of carbonyl (C=O) groups is 1. The predicted molar refractivity (Wildman–Crippen MR) is 89.8 cm³/mol. The first kappa shape index (κ1) is 14.9. The second-order valence-electron chi connectivity index (χ2n) is 5.20. The molecule has 114 valence electrons. The van der Waals surface area contributed by atoms with Crippen LogP contribution < -0.4 is 5.32 Å². The Morgan fingerprint density at radius 1 is 1.00 bits per heavy atom. The van der Waals surface area contributed by atoms with Gasteiger partial charge in [0, 0.05) is 11.8 Å². The third-order valence-electron chi connectivity index (χ3n) is 3.56. The first-order valence-electron chi connectivity index (χ1n) is 7.45. The van der Waals surface area contributed by atoms with Crippen LogP contribution in [0.3, 0.4) is 0 Å². The number of nitrogens with one attached hydrogen (secondary N) is 1. The largest absolute Gasteiger partial charge is 0.346 e. The van der Waals surface area contributed by atoms with Crippen LogP contribution in [0.4, 0.5) is 0 Å². The van der Waals surface area contributed by atoms with Crippen molar-refractivity contribution < 1.29 is 4.79 Å². The average molecular weight is 303 g/mol. The first-order chi connectivity index (χ1) is 11.2. The van der Waals surface area contributed by atoms with Gasteiger partial charge in [-0.3, -0.25) is 14.8 Å². The second kappa shape index (κ2) is 6.83. The van der Waals surface area contributed by atoms with Gasteiger partial charge in [0.1, 0.15) is 0 Å². The molecule has 3 aromatic rings. The molecule has 0 saturated heterocycles. The van der Waals surface area contributed by atoms with Crippen molar-refractivity contribution in [3.63, 3.8) is 0 Å². The number of amides is 1. The van der Waals surface area contributed by atoms with E-state index in [-0.39, 0.29) is 5.91 Å². The molecule has 1 N–H and O–H groups in total. The van der Waals surface area contributed by atoms with Crippen molar-refractivity contribution in [3.8, 4) is 11.3 Å². The fourth-order valence-corrected chi connectivity index (χ4v) is 2.34. The van der Waals surface area contributed by atoms with E-state index in [1.54, 1.807) is 6.20 Å². The summed E-state index contributed by atoms with van der Waals surface area (Å²) in [5, 5.41) is 2.87. The van der Waals surface area contributed by atoms with Crippen LogP contribution in [-0.4, -0.2) is 15.9 Å². The van der Waals surface area contributed by atoms with E-state index in [9.17, 15) is 4.79 Å². The molecule has 3 rings (SSSR count). The number of nitrogens with zero attached hydrogens (tertiary/aromatic N) is 2. The minimum Gasteiger partial charge on any atom is -0.346 e. The second-order valence-corrected chi connectivity index (χ2v) is 5.20. The Bertz CT molecular complexity index is 801. The van der Waals surface area contributed by atoms with Gasteiger partial charge < -0.3 is 5.32 Å². The highest BCUT2D eigenvalue weighted by Gasteiger charge is 2.11. The van der Waals surface area contributed by atoms with Gasteiger partial charge in [0.2, 0.25) is 0 Å². The number of hydrogen-bond acceptors (Lipinski definition) is 3. The molecule has 23 heavy (non-hydrogen) atoms. The Hall–Kier alpha value is -3.01. The zero-order valence-corrected chi connectivity index (χ0v) is 12.9. The molecule has 0 bridgehead atoms. The molecule has 0 aliphatic carbocycles. The van der Waals surface area contributed by atoms with Gasteiger partial charge in [-0.2, -0.15) is 0 Å². The summed E-state index contributed by atoms with van der Waals surface area (Å²) in [7, 11) is 0. The molecule has 0 fully saturated rings. The zero-order valence-electron chi connectivity index (χ0n) is 12.9. The van der Waals surface area contributed by atoms with Crippen molar-refractivity contribution in [1.82, 2.24) is 15.3 Å². The summed E-state index contributed by atoms with van der Waals surface area (Å²) in [6, 6.07) is 19.2. The number of pyridine rings is 2. The molecule has 0 radical (unpaired) electrons. The Morgan fingerprint density at radius 3 is 2.48 bits per heavy atom. The highest BCUT2D eigenvalue weighted by Crippen LogP contribution is 2.18. The number of aryl methyl sites for hydroxylation is 1. The lowest BCUT2D eigenvalue weighted by Gasteiger charge is -2.09. The van der Waals surface area contributed by atoms with Gasteiger partial charge in [-0.1, -0.05) is 36.4 Å². The van der Waals surface area contributed by atoms with E-state index in [0.29, 0.717) is 17.8 Å². The van der Waals surface area contributed by atoms with Crippen LogP contribution in [0, 0.1) is 6.92 Å². The van der Waals surface area contributed by atoms with Gasteiger partial charge in [-0.25, -0.2) is 0 Å². The Balaban J connectivity index is 1.74. The van der Waals surface area contributed by atoms with E-state index in [4.69, 9.17) is 0 Å². The summed E-state index contributed by atoms with van der Waals surface area (Å²) in [6.45, 7) is 2.25. The molecule has 0 spiro atoms. The molecule has 2 heterocycles. The van der Waals surface area contributed by atoms with E-state index in [2.05, 4.69) is 15.3 Å². The van der Waals surface area contributed by atoms with E-state index >= 15 is 0 Å². The molecular formula is C19H17N3O. The summed E-state index contributed by atoms with van der Waals surface area (Å²) < 4.78 is 0. The molecule has 1 amide bonds. The van der Waals surface area contributed by atoms with Gasteiger partial charge in [0.25, 0.3) is 5.91 Å². The van der Waals surface area contributed by atoms with Crippen molar-refractivity contribution in [3.05, 3.63) is 83.8 Å². The average Bonchev–Trinajstić information content (AvgIpc) is 2.61. The standard InChI is InChI=1S/C19H17N3O/c1-14-17(19(23)21-13-16-9-5-6-12-20-16)10-11-18(22-14)15-7-3-2-4-8-15/h2-12H,13H2,1H3,(H,21,23). The maximum Gasteiger partial charge on any atom is 0.253 e. The number of hydrogen-bond donors (Lipinski definition) is 1. The monoisotopic (exact) mass is 303 g/mol. The Kier molecular flexibility index (Phi) is 4.43. The minimum absolute atomic E-state index is 0.139. The topological polar surface area (TPSA) is 54.9 Å². The van der Waals surface area contributed by atoms with Crippen molar-refractivity contribution in [2.45, 2.75) is 13.5 Å². The third-order valence-corrected chi connectivity index (χ3v) is 3.56. The SMILES string of the molecule is Cc1nc(-c2ccccc2)ccc1C(=O)NCc1ccccn1. The van der Waals surface area contributed by atoms with Crippen molar-refractivity contribution in [1.29, 1.82) is 0 Å². The van der Waals surface area contributed by atoms with Crippen molar-refractivity contribution in [2.24, 2.45) is 0 Å². The lowest BCUT2D eigenvalue weighted by atomic mass is 10.1. The summed E-state index contributed by atoms with van der Waals surface area (Å²) in [5.74, 6) is -0.139. The molecule has 0 aliphatic heterocycles. The van der Waals surface area contributed by atoms with Crippen LogP contribution in [-0.2, 0) is 6.54 Å².